The van der Waals surface area contributed by atoms with Crippen molar-refractivity contribution in [3.05, 3.63) is 72.1 Å². The minimum absolute atomic E-state index is 0.0617. The minimum atomic E-state index is 0.0617. The van der Waals surface area contributed by atoms with Crippen LogP contribution in [0.2, 0.25) is 0 Å². The lowest BCUT2D eigenvalue weighted by Crippen LogP contribution is -2.23. The summed E-state index contributed by atoms with van der Waals surface area (Å²) in [5.41, 5.74) is 3.20. The van der Waals surface area contributed by atoms with Gasteiger partial charge >= 0.3 is 0 Å². The van der Waals surface area contributed by atoms with Crippen LogP contribution in [0.4, 0.5) is 5.69 Å². The van der Waals surface area contributed by atoms with Gasteiger partial charge in [0, 0.05) is 30.4 Å². The third kappa shape index (κ3) is 1.98. The highest BCUT2D eigenvalue weighted by molar-refractivity contribution is 6.01. The number of aromatic nitrogens is 1. The average Bonchev–Trinajstić information content (AvgIpc) is 2.54. The molecule has 3 nitrogen and oxygen atoms in total. The molecule has 1 aliphatic rings. The zero-order valence-corrected chi connectivity index (χ0v) is 11.4. The van der Waals surface area contributed by atoms with Crippen molar-refractivity contribution in [3.63, 3.8) is 0 Å². The molecule has 1 atom stereocenters. The van der Waals surface area contributed by atoms with Crippen LogP contribution in [0.5, 0.6) is 0 Å². The normalized spacial score (nSPS) is 17.3. The Morgan fingerprint density at radius 2 is 1.95 bits per heavy atom. The third-order valence-corrected chi connectivity index (χ3v) is 4.07. The van der Waals surface area contributed by atoms with Crippen LogP contribution in [0, 0.1) is 0 Å². The second-order valence-electron chi connectivity index (χ2n) is 5.34. The summed E-state index contributed by atoms with van der Waals surface area (Å²) in [7, 11) is 0. The highest BCUT2D eigenvalue weighted by Gasteiger charge is 2.28. The molecule has 3 heteroatoms. The van der Waals surface area contributed by atoms with E-state index in [0.717, 1.165) is 11.3 Å². The predicted octanol–water partition coefficient (Wildman–Crippen LogP) is 3.71. The topological polar surface area (TPSA) is 42.0 Å². The quantitative estimate of drug-likeness (QED) is 0.735. The Hall–Kier alpha value is -2.68. The molecule has 0 fully saturated rings. The molecule has 2 aromatic carbocycles. The maximum atomic E-state index is 12.0. The number of pyridine rings is 1. The van der Waals surface area contributed by atoms with Crippen molar-refractivity contribution < 1.29 is 4.79 Å². The Kier molecular flexibility index (Phi) is 2.71. The number of fused-ring (bicyclic) bond motifs is 3. The van der Waals surface area contributed by atoms with Gasteiger partial charge in [0.1, 0.15) is 0 Å². The first-order chi connectivity index (χ1) is 10.3. The lowest BCUT2D eigenvalue weighted by atomic mass is 9.82. The first-order valence-corrected chi connectivity index (χ1v) is 7.04. The van der Waals surface area contributed by atoms with Crippen LogP contribution >= 0.6 is 0 Å². The van der Waals surface area contributed by atoms with Crippen LogP contribution < -0.4 is 5.32 Å². The van der Waals surface area contributed by atoms with E-state index in [1.165, 1.54) is 16.3 Å². The summed E-state index contributed by atoms with van der Waals surface area (Å²) in [5.74, 6) is 0.125. The van der Waals surface area contributed by atoms with Gasteiger partial charge in [-0.05, 0) is 34.0 Å². The summed E-state index contributed by atoms with van der Waals surface area (Å²) in [5, 5.41) is 5.39. The third-order valence-electron chi connectivity index (χ3n) is 4.07. The van der Waals surface area contributed by atoms with Gasteiger partial charge in [0.05, 0.1) is 0 Å². The molecule has 0 aliphatic carbocycles. The van der Waals surface area contributed by atoms with Crippen LogP contribution in [-0.2, 0) is 4.79 Å². The summed E-state index contributed by atoms with van der Waals surface area (Å²) in [4.78, 5) is 16.2. The number of carbonyl (C=O) groups is 1. The molecule has 0 bridgehead atoms. The largest absolute Gasteiger partial charge is 0.326 e. The minimum Gasteiger partial charge on any atom is -0.326 e. The second-order valence-corrected chi connectivity index (χ2v) is 5.34. The summed E-state index contributed by atoms with van der Waals surface area (Å²) < 4.78 is 0. The van der Waals surface area contributed by atoms with Gasteiger partial charge in [-0.1, -0.05) is 36.4 Å². The van der Waals surface area contributed by atoms with Crippen molar-refractivity contribution in [2.24, 2.45) is 0 Å². The molecule has 0 radical (unpaired) electrons. The van der Waals surface area contributed by atoms with Crippen LogP contribution in [0.15, 0.2) is 60.9 Å². The molecule has 1 amide bonds. The molecule has 1 aliphatic heterocycles. The summed E-state index contributed by atoms with van der Waals surface area (Å²) >= 11 is 0. The standard InChI is InChI=1S/C18H14N2O/c21-17-10-15(13-5-3-9-19-11-13)18-14-6-2-1-4-12(14)7-8-16(18)20-17/h1-9,11,15H,10H2,(H,20,21). The van der Waals surface area contributed by atoms with Crippen molar-refractivity contribution in [2.45, 2.75) is 12.3 Å². The SMILES string of the molecule is O=C1CC(c2cccnc2)c2c(ccc3ccccc23)N1. The zero-order valence-electron chi connectivity index (χ0n) is 11.4. The highest BCUT2D eigenvalue weighted by atomic mass is 16.1. The van der Waals surface area contributed by atoms with E-state index >= 15 is 0 Å². The average molecular weight is 274 g/mol. The van der Waals surface area contributed by atoms with Crippen molar-refractivity contribution in [2.75, 3.05) is 5.32 Å². The lowest BCUT2D eigenvalue weighted by molar-refractivity contribution is -0.116. The van der Waals surface area contributed by atoms with E-state index in [1.54, 1.807) is 6.20 Å². The van der Waals surface area contributed by atoms with E-state index in [2.05, 4.69) is 28.5 Å². The Balaban J connectivity index is 2.00. The fourth-order valence-electron chi connectivity index (χ4n) is 3.14. The van der Waals surface area contributed by atoms with Crippen LogP contribution in [0.1, 0.15) is 23.5 Å². The molecule has 4 rings (SSSR count). The van der Waals surface area contributed by atoms with E-state index in [9.17, 15) is 4.79 Å². The number of benzene rings is 2. The number of nitrogens with one attached hydrogen (secondary N) is 1. The Bertz CT molecular complexity index is 827. The van der Waals surface area contributed by atoms with Crippen molar-refractivity contribution in [1.82, 2.24) is 4.98 Å². The molecule has 3 aromatic rings. The highest BCUT2D eigenvalue weighted by Crippen LogP contribution is 2.41. The monoisotopic (exact) mass is 274 g/mol. The van der Waals surface area contributed by atoms with Gasteiger partial charge in [0.15, 0.2) is 0 Å². The fourth-order valence-corrected chi connectivity index (χ4v) is 3.14. The number of nitrogens with zero attached hydrogens (tertiary/aromatic N) is 1. The first kappa shape index (κ1) is 12.1. The number of hydrogen-bond donors (Lipinski definition) is 1. The molecular formula is C18H14N2O. The molecule has 1 N–H and O–H groups in total. The van der Waals surface area contributed by atoms with Crippen LogP contribution in [0.3, 0.4) is 0 Å². The van der Waals surface area contributed by atoms with Gasteiger partial charge in [0.25, 0.3) is 0 Å². The molecule has 0 saturated carbocycles. The number of carbonyl (C=O) groups excluding carboxylic acids is 1. The van der Waals surface area contributed by atoms with E-state index < -0.39 is 0 Å². The van der Waals surface area contributed by atoms with E-state index in [-0.39, 0.29) is 11.8 Å². The molecule has 0 spiro atoms. The Morgan fingerprint density at radius 1 is 1.05 bits per heavy atom. The molecule has 1 unspecified atom stereocenters. The van der Waals surface area contributed by atoms with Gasteiger partial charge in [-0.2, -0.15) is 0 Å². The number of anilines is 1. The van der Waals surface area contributed by atoms with Gasteiger partial charge in [-0.15, -0.1) is 0 Å². The predicted molar refractivity (Wildman–Crippen MR) is 83.3 cm³/mol. The summed E-state index contributed by atoms with van der Waals surface area (Å²) in [6.45, 7) is 0. The maximum Gasteiger partial charge on any atom is 0.225 e. The molecule has 2 heterocycles. The van der Waals surface area contributed by atoms with Gasteiger partial charge < -0.3 is 5.32 Å². The number of hydrogen-bond acceptors (Lipinski definition) is 2. The number of amides is 1. The van der Waals surface area contributed by atoms with Gasteiger partial charge in [0.2, 0.25) is 5.91 Å². The van der Waals surface area contributed by atoms with Crippen molar-refractivity contribution in [1.29, 1.82) is 0 Å². The van der Waals surface area contributed by atoms with Gasteiger partial charge in [-0.25, -0.2) is 0 Å². The van der Waals surface area contributed by atoms with E-state index in [1.807, 2.05) is 36.5 Å². The van der Waals surface area contributed by atoms with Crippen molar-refractivity contribution >= 4 is 22.4 Å². The smallest absolute Gasteiger partial charge is 0.225 e. The Labute approximate surface area is 122 Å². The van der Waals surface area contributed by atoms with E-state index in [0.29, 0.717) is 6.42 Å². The molecule has 102 valence electrons. The van der Waals surface area contributed by atoms with Crippen LogP contribution in [0.25, 0.3) is 10.8 Å². The maximum absolute atomic E-state index is 12.0. The fraction of sp³-hybridized carbons (Fsp3) is 0.111. The zero-order chi connectivity index (χ0) is 14.2. The second kappa shape index (κ2) is 4.70. The molecular weight excluding hydrogens is 260 g/mol. The van der Waals surface area contributed by atoms with Gasteiger partial charge in [-0.3, -0.25) is 9.78 Å². The first-order valence-electron chi connectivity index (χ1n) is 7.04. The van der Waals surface area contributed by atoms with Crippen molar-refractivity contribution in [3.8, 4) is 0 Å². The number of rotatable bonds is 1. The molecule has 0 saturated heterocycles. The van der Waals surface area contributed by atoms with Crippen LogP contribution in [-0.4, -0.2) is 10.9 Å². The molecule has 21 heavy (non-hydrogen) atoms. The Morgan fingerprint density at radius 3 is 2.81 bits per heavy atom. The summed E-state index contributed by atoms with van der Waals surface area (Å²) in [6, 6.07) is 16.3. The van der Waals surface area contributed by atoms with E-state index in [4.69, 9.17) is 0 Å². The summed E-state index contributed by atoms with van der Waals surface area (Å²) in [6.07, 6.45) is 4.08. The molecule has 1 aromatic heterocycles. The lowest BCUT2D eigenvalue weighted by Gasteiger charge is -2.27.